The van der Waals surface area contributed by atoms with Crippen LogP contribution in [0.1, 0.15) is 24.0 Å². The Hall–Kier alpha value is -1.35. The van der Waals surface area contributed by atoms with Crippen molar-refractivity contribution >= 4 is 10.8 Å². The van der Waals surface area contributed by atoms with Gasteiger partial charge < -0.3 is 29.9 Å². The molecule has 4 rings (SSSR count). The maximum Gasteiger partial charge on any atom is 3.00 e. The number of aliphatic hydroxyl groups is 1. The summed E-state index contributed by atoms with van der Waals surface area (Å²) in [4.78, 5) is 0. The van der Waals surface area contributed by atoms with Gasteiger partial charge in [0.1, 0.15) is 0 Å². The van der Waals surface area contributed by atoms with Crippen molar-refractivity contribution in [1.29, 1.82) is 0 Å². The van der Waals surface area contributed by atoms with E-state index >= 15 is 0 Å². The molecule has 0 fully saturated rings. The van der Waals surface area contributed by atoms with Crippen LogP contribution >= 0.6 is 0 Å². The first-order valence-corrected chi connectivity index (χ1v) is 8.18. The Bertz CT molecular complexity index is 876. The predicted octanol–water partition coefficient (Wildman–Crippen LogP) is -0.576. The van der Waals surface area contributed by atoms with Crippen molar-refractivity contribution in [3.63, 3.8) is 0 Å². The van der Waals surface area contributed by atoms with E-state index in [1.165, 1.54) is 21.9 Å². The van der Waals surface area contributed by atoms with E-state index in [9.17, 15) is 0 Å². The van der Waals surface area contributed by atoms with Crippen molar-refractivity contribution in [2.45, 2.75) is 19.4 Å². The minimum absolute atomic E-state index is 0. The second-order valence-electron chi connectivity index (χ2n) is 5.92. The number of benzene rings is 3. The first kappa shape index (κ1) is 25.7. The molecule has 0 aromatic heterocycles. The van der Waals surface area contributed by atoms with Gasteiger partial charge >= 0.3 is 21.7 Å². The molecule has 1 radical (unpaired) electrons. The van der Waals surface area contributed by atoms with Gasteiger partial charge in [-0.1, -0.05) is 66.3 Å². The number of halogens is 2. The third-order valence-corrected chi connectivity index (χ3v) is 4.20. The van der Waals surface area contributed by atoms with Crippen LogP contribution in [0.4, 0.5) is 0 Å². The van der Waals surface area contributed by atoms with Crippen molar-refractivity contribution in [3.05, 3.63) is 108 Å². The number of hydrogen-bond donors (Lipinski definition) is 1. The normalized spacial score (nSPS) is 14.0. The summed E-state index contributed by atoms with van der Waals surface area (Å²) in [6.45, 7) is 2.31. The van der Waals surface area contributed by atoms with Gasteiger partial charge in [0.05, 0.1) is 6.61 Å². The Morgan fingerprint density at radius 2 is 1.56 bits per heavy atom. The van der Waals surface area contributed by atoms with Gasteiger partial charge in [-0.3, -0.25) is 0 Å². The maximum atomic E-state index is 8.54. The third kappa shape index (κ3) is 6.95. The van der Waals surface area contributed by atoms with Crippen molar-refractivity contribution in [3.8, 4) is 0 Å². The maximum absolute atomic E-state index is 8.54. The van der Waals surface area contributed by atoms with Crippen LogP contribution in [0.2, 0.25) is 0 Å². The molecule has 3 aromatic carbocycles. The van der Waals surface area contributed by atoms with E-state index < -0.39 is 0 Å². The van der Waals surface area contributed by atoms with Gasteiger partial charge in [-0.05, 0) is 12.5 Å². The molecule has 0 bridgehead atoms. The summed E-state index contributed by atoms with van der Waals surface area (Å²) >= 11 is 0. The van der Waals surface area contributed by atoms with Gasteiger partial charge in [0.2, 0.25) is 0 Å². The van der Waals surface area contributed by atoms with Crippen molar-refractivity contribution in [2.24, 2.45) is 0 Å². The summed E-state index contributed by atoms with van der Waals surface area (Å²) in [5.41, 5.74) is 3.63. The average Bonchev–Trinajstić information content (AvgIpc) is 3.08. The van der Waals surface area contributed by atoms with E-state index in [4.69, 9.17) is 5.11 Å². The summed E-state index contributed by atoms with van der Waals surface area (Å²) in [6.07, 6.45) is 6.53. The largest absolute Gasteiger partial charge is 3.00 e. The second kappa shape index (κ2) is 12.9. The summed E-state index contributed by atoms with van der Waals surface area (Å²) in [5, 5.41) is 11.0. The van der Waals surface area contributed by atoms with E-state index in [1.54, 1.807) is 0 Å². The zero-order valence-corrected chi connectivity index (χ0v) is 18.1. The zero-order valence-electron chi connectivity index (χ0n) is 15.1. The summed E-state index contributed by atoms with van der Waals surface area (Å²) in [5.74, 6) is 0.421. The van der Waals surface area contributed by atoms with E-state index in [2.05, 4.69) is 67.6 Å². The monoisotopic (exact) mass is 431 g/mol. The molecule has 137 valence electrons. The predicted molar refractivity (Wildman–Crippen MR) is 101 cm³/mol. The van der Waals surface area contributed by atoms with E-state index in [0.29, 0.717) is 5.92 Å². The summed E-state index contributed by atoms with van der Waals surface area (Å²) in [7, 11) is 0. The number of rotatable bonds is 2. The van der Waals surface area contributed by atoms with Crippen LogP contribution in [-0.4, -0.2) is 5.11 Å². The van der Waals surface area contributed by atoms with E-state index in [-0.39, 0.29) is 53.1 Å². The second-order valence-corrected chi connectivity index (χ2v) is 5.92. The van der Waals surface area contributed by atoms with Crippen LogP contribution < -0.4 is 24.8 Å². The van der Waals surface area contributed by atoms with Gasteiger partial charge in [-0.15, -0.1) is 46.7 Å². The molecule has 0 heterocycles. The Morgan fingerprint density at radius 1 is 0.889 bits per heavy atom. The molecular formula is C23H21Cl2OTi. The van der Waals surface area contributed by atoms with E-state index in [1.807, 2.05) is 30.3 Å². The minimum atomic E-state index is 0. The smallest absolute Gasteiger partial charge is 1.00 e. The van der Waals surface area contributed by atoms with Gasteiger partial charge in [-0.2, -0.15) is 0 Å². The Labute approximate surface area is 188 Å². The molecule has 0 spiro atoms. The Balaban J connectivity index is 0.000000535. The SMILES string of the molecule is CC1=CC=CC1c1[c-]c2ccccc2cc1.OCc1ccccc1.[Cl-].[Cl-].[Ti+3]. The third-order valence-electron chi connectivity index (χ3n) is 4.20. The Morgan fingerprint density at radius 3 is 2.15 bits per heavy atom. The Kier molecular flexibility index (Phi) is 12.3. The first-order chi connectivity index (χ1) is 11.8. The molecule has 0 aliphatic heterocycles. The van der Waals surface area contributed by atoms with Crippen molar-refractivity contribution in [1.82, 2.24) is 0 Å². The summed E-state index contributed by atoms with van der Waals surface area (Å²) < 4.78 is 0. The molecule has 4 heteroatoms. The van der Waals surface area contributed by atoms with Crippen molar-refractivity contribution < 1.29 is 51.6 Å². The minimum Gasteiger partial charge on any atom is -1.00 e. The molecule has 1 atom stereocenters. The fourth-order valence-electron chi connectivity index (χ4n) is 2.82. The van der Waals surface area contributed by atoms with Gasteiger partial charge in [0.25, 0.3) is 0 Å². The number of hydrogen-bond acceptors (Lipinski definition) is 1. The molecule has 27 heavy (non-hydrogen) atoms. The first-order valence-electron chi connectivity index (χ1n) is 8.18. The molecule has 1 aliphatic carbocycles. The average molecular weight is 432 g/mol. The molecule has 3 aromatic rings. The van der Waals surface area contributed by atoms with Gasteiger partial charge in [0.15, 0.2) is 0 Å². The van der Waals surface area contributed by atoms with E-state index in [0.717, 1.165) is 5.56 Å². The van der Waals surface area contributed by atoms with Crippen LogP contribution in [-0.2, 0) is 28.3 Å². The number of allylic oxidation sites excluding steroid dienone is 4. The zero-order chi connectivity index (χ0) is 16.8. The van der Waals surface area contributed by atoms with Crippen LogP contribution in [0.5, 0.6) is 0 Å². The van der Waals surface area contributed by atoms with Crippen LogP contribution in [0.15, 0.2) is 90.5 Å². The molecule has 0 saturated heterocycles. The van der Waals surface area contributed by atoms with Crippen molar-refractivity contribution in [2.75, 3.05) is 0 Å². The fraction of sp³-hybridized carbons (Fsp3) is 0.130. The summed E-state index contributed by atoms with van der Waals surface area (Å²) in [6, 6.07) is 25.8. The molecule has 1 unspecified atom stereocenters. The molecule has 1 aliphatic rings. The molecule has 0 amide bonds. The number of fused-ring (bicyclic) bond motifs is 1. The standard InChI is InChI=1S/C16H13.C7H8O.2ClH.Ti/c1-12-5-4-8-16(12)15-10-9-13-6-2-3-7-14(13)11-15;8-6-7-4-2-1-3-5-7;;;/h2-10,16H,1H3;1-5,8H,6H2;2*1H;/q-1;;;;+3/p-2. The molecule has 1 nitrogen and oxygen atoms in total. The van der Waals surface area contributed by atoms with Crippen LogP contribution in [0, 0.1) is 6.07 Å². The molecule has 1 N–H and O–H groups in total. The van der Waals surface area contributed by atoms with Gasteiger partial charge in [-0.25, -0.2) is 0 Å². The van der Waals surface area contributed by atoms with Crippen LogP contribution in [0.3, 0.4) is 0 Å². The number of aliphatic hydroxyl groups excluding tert-OH is 1. The quantitative estimate of drug-likeness (QED) is 0.425. The fourth-order valence-corrected chi connectivity index (χ4v) is 2.82. The van der Waals surface area contributed by atoms with Gasteiger partial charge in [0, 0.05) is 5.92 Å². The molecule has 0 saturated carbocycles. The topological polar surface area (TPSA) is 20.2 Å². The van der Waals surface area contributed by atoms with Crippen LogP contribution in [0.25, 0.3) is 10.8 Å². The molecular weight excluding hydrogens is 411 g/mol.